The van der Waals surface area contributed by atoms with Gasteiger partial charge in [0.15, 0.2) is 0 Å². The fourth-order valence-corrected chi connectivity index (χ4v) is 2.00. The number of rotatable bonds is 8. The lowest BCUT2D eigenvalue weighted by atomic mass is 10.2. The van der Waals surface area contributed by atoms with Crippen LogP contribution in [0.5, 0.6) is 0 Å². The summed E-state index contributed by atoms with van der Waals surface area (Å²) in [6, 6.07) is 1.55. The van der Waals surface area contributed by atoms with Gasteiger partial charge in [-0.05, 0) is 38.3 Å². The molecule has 0 aromatic rings. The molecule has 0 heterocycles. The van der Waals surface area contributed by atoms with Gasteiger partial charge in [0.1, 0.15) is 0 Å². The van der Waals surface area contributed by atoms with Crippen molar-refractivity contribution in [2.45, 2.75) is 59.0 Å². The molecular formula is C13H28N2. The molecule has 0 amide bonds. The molecule has 1 saturated carbocycles. The molecule has 1 N–H and O–H groups in total. The fraction of sp³-hybridized carbons (Fsp3) is 1.00. The molecule has 90 valence electrons. The van der Waals surface area contributed by atoms with Crippen molar-refractivity contribution in [2.75, 3.05) is 19.6 Å². The van der Waals surface area contributed by atoms with E-state index in [-0.39, 0.29) is 0 Å². The van der Waals surface area contributed by atoms with Crippen molar-refractivity contribution in [1.82, 2.24) is 10.2 Å². The van der Waals surface area contributed by atoms with E-state index in [0.29, 0.717) is 6.04 Å². The van der Waals surface area contributed by atoms with E-state index < -0.39 is 0 Å². The molecule has 1 aliphatic carbocycles. The molecule has 0 spiro atoms. The van der Waals surface area contributed by atoms with Crippen molar-refractivity contribution in [3.8, 4) is 0 Å². The Kier molecular flexibility index (Phi) is 5.62. The van der Waals surface area contributed by atoms with Crippen molar-refractivity contribution in [2.24, 2.45) is 5.92 Å². The topological polar surface area (TPSA) is 15.3 Å². The zero-order chi connectivity index (χ0) is 11.3. The van der Waals surface area contributed by atoms with E-state index in [4.69, 9.17) is 0 Å². The summed E-state index contributed by atoms with van der Waals surface area (Å²) in [5.41, 5.74) is 0. The first kappa shape index (κ1) is 13.0. The van der Waals surface area contributed by atoms with Crippen molar-refractivity contribution >= 4 is 0 Å². The second-order valence-corrected chi connectivity index (χ2v) is 5.58. The van der Waals surface area contributed by atoms with Crippen molar-refractivity contribution in [1.29, 1.82) is 0 Å². The number of hydrogen-bond acceptors (Lipinski definition) is 2. The van der Waals surface area contributed by atoms with Gasteiger partial charge in [0.2, 0.25) is 0 Å². The summed E-state index contributed by atoms with van der Waals surface area (Å²) < 4.78 is 0. The predicted octanol–water partition coefficient (Wildman–Crippen LogP) is 2.49. The van der Waals surface area contributed by atoms with Gasteiger partial charge in [0.25, 0.3) is 0 Å². The molecular weight excluding hydrogens is 184 g/mol. The van der Waals surface area contributed by atoms with E-state index in [2.05, 4.69) is 37.9 Å². The lowest BCUT2D eigenvalue weighted by molar-refractivity contribution is 0.230. The average Bonchev–Trinajstić information content (AvgIpc) is 2.92. The maximum atomic E-state index is 3.49. The van der Waals surface area contributed by atoms with Crippen LogP contribution in [0.1, 0.15) is 47.0 Å². The minimum Gasteiger partial charge on any atom is -0.314 e. The van der Waals surface area contributed by atoms with Crippen LogP contribution >= 0.6 is 0 Å². The van der Waals surface area contributed by atoms with Gasteiger partial charge >= 0.3 is 0 Å². The standard InChI is InChI=1S/C13H28N2/c1-11(2)10-15(13-6-7-13)9-5-8-14-12(3)4/h11-14H,5-10H2,1-4H3. The Morgan fingerprint density at radius 1 is 1.20 bits per heavy atom. The highest BCUT2D eigenvalue weighted by molar-refractivity contribution is 4.84. The van der Waals surface area contributed by atoms with E-state index in [0.717, 1.165) is 12.0 Å². The number of nitrogens with zero attached hydrogens (tertiary/aromatic N) is 1. The lowest BCUT2D eigenvalue weighted by Gasteiger charge is -2.24. The third-order valence-corrected chi connectivity index (χ3v) is 2.84. The molecule has 2 heteroatoms. The molecule has 0 aromatic heterocycles. The van der Waals surface area contributed by atoms with Crippen LogP contribution in [0.4, 0.5) is 0 Å². The second-order valence-electron chi connectivity index (χ2n) is 5.58. The van der Waals surface area contributed by atoms with E-state index in [1.807, 2.05) is 0 Å². The van der Waals surface area contributed by atoms with Crippen LogP contribution < -0.4 is 5.32 Å². The number of hydrogen-bond donors (Lipinski definition) is 1. The molecule has 1 aliphatic rings. The van der Waals surface area contributed by atoms with Gasteiger partial charge < -0.3 is 10.2 Å². The first-order valence-corrected chi connectivity index (χ1v) is 6.57. The summed E-state index contributed by atoms with van der Waals surface area (Å²) in [4.78, 5) is 2.69. The van der Waals surface area contributed by atoms with Gasteiger partial charge in [0, 0.05) is 18.6 Å². The van der Waals surface area contributed by atoms with Gasteiger partial charge in [-0.15, -0.1) is 0 Å². The molecule has 0 bridgehead atoms. The van der Waals surface area contributed by atoms with Gasteiger partial charge in [-0.1, -0.05) is 27.7 Å². The van der Waals surface area contributed by atoms with Crippen LogP contribution in [0.2, 0.25) is 0 Å². The minimum atomic E-state index is 0.629. The zero-order valence-corrected chi connectivity index (χ0v) is 10.9. The van der Waals surface area contributed by atoms with E-state index >= 15 is 0 Å². The summed E-state index contributed by atoms with van der Waals surface area (Å²) >= 11 is 0. The Labute approximate surface area is 95.4 Å². The smallest absolute Gasteiger partial charge is 0.00965 e. The Bertz CT molecular complexity index is 162. The summed E-state index contributed by atoms with van der Waals surface area (Å²) in [5, 5.41) is 3.49. The van der Waals surface area contributed by atoms with Gasteiger partial charge in [-0.3, -0.25) is 0 Å². The minimum absolute atomic E-state index is 0.629. The summed E-state index contributed by atoms with van der Waals surface area (Å²) in [6.07, 6.45) is 4.16. The highest BCUT2D eigenvalue weighted by atomic mass is 15.2. The lowest BCUT2D eigenvalue weighted by Crippen LogP contribution is -2.33. The van der Waals surface area contributed by atoms with E-state index in [1.165, 1.54) is 38.9 Å². The third kappa shape index (κ3) is 6.16. The van der Waals surface area contributed by atoms with Crippen molar-refractivity contribution < 1.29 is 0 Å². The molecule has 0 unspecified atom stereocenters. The van der Waals surface area contributed by atoms with E-state index in [1.54, 1.807) is 0 Å². The van der Waals surface area contributed by atoms with Crippen LogP contribution in [-0.2, 0) is 0 Å². The van der Waals surface area contributed by atoms with E-state index in [9.17, 15) is 0 Å². The summed E-state index contributed by atoms with van der Waals surface area (Å²) in [6.45, 7) is 12.8. The maximum Gasteiger partial charge on any atom is 0.00965 e. The van der Waals surface area contributed by atoms with Gasteiger partial charge in [0.05, 0.1) is 0 Å². The van der Waals surface area contributed by atoms with Crippen LogP contribution in [0.15, 0.2) is 0 Å². The van der Waals surface area contributed by atoms with Crippen LogP contribution in [-0.4, -0.2) is 36.6 Å². The summed E-state index contributed by atoms with van der Waals surface area (Å²) in [7, 11) is 0. The fourth-order valence-electron chi connectivity index (χ4n) is 2.00. The molecule has 1 rings (SSSR count). The first-order chi connectivity index (χ1) is 7.09. The highest BCUT2D eigenvalue weighted by Gasteiger charge is 2.28. The van der Waals surface area contributed by atoms with Crippen LogP contribution in [0, 0.1) is 5.92 Å². The Balaban J connectivity index is 2.09. The molecule has 0 aliphatic heterocycles. The Morgan fingerprint density at radius 3 is 2.33 bits per heavy atom. The maximum absolute atomic E-state index is 3.49. The molecule has 0 atom stereocenters. The Morgan fingerprint density at radius 2 is 1.87 bits per heavy atom. The molecule has 0 aromatic carbocycles. The van der Waals surface area contributed by atoms with Crippen LogP contribution in [0.25, 0.3) is 0 Å². The quantitative estimate of drug-likeness (QED) is 0.622. The monoisotopic (exact) mass is 212 g/mol. The van der Waals surface area contributed by atoms with Crippen LogP contribution in [0.3, 0.4) is 0 Å². The van der Waals surface area contributed by atoms with Crippen molar-refractivity contribution in [3.63, 3.8) is 0 Å². The second kappa shape index (κ2) is 6.49. The first-order valence-electron chi connectivity index (χ1n) is 6.57. The average molecular weight is 212 g/mol. The summed E-state index contributed by atoms with van der Waals surface area (Å²) in [5.74, 6) is 0.809. The normalized spacial score (nSPS) is 17.0. The zero-order valence-electron chi connectivity index (χ0n) is 10.9. The van der Waals surface area contributed by atoms with Gasteiger partial charge in [-0.25, -0.2) is 0 Å². The molecule has 2 nitrogen and oxygen atoms in total. The molecule has 0 saturated heterocycles. The number of nitrogens with one attached hydrogen (secondary N) is 1. The predicted molar refractivity (Wildman–Crippen MR) is 67.2 cm³/mol. The molecule has 1 fully saturated rings. The Hall–Kier alpha value is -0.0800. The largest absolute Gasteiger partial charge is 0.314 e. The SMILES string of the molecule is CC(C)CN(CCCNC(C)C)C1CC1. The van der Waals surface area contributed by atoms with Crippen molar-refractivity contribution in [3.05, 3.63) is 0 Å². The third-order valence-electron chi connectivity index (χ3n) is 2.84. The molecule has 15 heavy (non-hydrogen) atoms. The van der Waals surface area contributed by atoms with Gasteiger partial charge in [-0.2, -0.15) is 0 Å². The molecule has 0 radical (unpaired) electrons. The highest BCUT2D eigenvalue weighted by Crippen LogP contribution is 2.27.